The summed E-state index contributed by atoms with van der Waals surface area (Å²) in [6.45, 7) is 8.08. The van der Waals surface area contributed by atoms with Crippen molar-refractivity contribution in [1.29, 1.82) is 0 Å². The first kappa shape index (κ1) is 15.9. The van der Waals surface area contributed by atoms with E-state index < -0.39 is 5.91 Å². The van der Waals surface area contributed by atoms with E-state index in [4.69, 9.17) is 0 Å². The third-order valence-electron chi connectivity index (χ3n) is 2.58. The molecule has 1 N–H and O–H groups in total. The molecule has 0 aliphatic heterocycles. The molecule has 0 saturated carbocycles. The summed E-state index contributed by atoms with van der Waals surface area (Å²) in [5.41, 5.74) is 0. The van der Waals surface area contributed by atoms with Crippen molar-refractivity contribution in [3.8, 4) is 0 Å². The molecule has 4 nitrogen and oxygen atoms in total. The molecule has 0 saturated heterocycles. The van der Waals surface area contributed by atoms with E-state index in [1.165, 1.54) is 0 Å². The van der Waals surface area contributed by atoms with Gasteiger partial charge in [0.15, 0.2) is 0 Å². The first-order valence-electron chi connectivity index (χ1n) is 6.74. The Hall–Kier alpha value is -1.06. The third-order valence-corrected chi connectivity index (χ3v) is 2.58. The van der Waals surface area contributed by atoms with Crippen LogP contribution >= 0.6 is 0 Å². The molecule has 0 aromatic heterocycles. The van der Waals surface area contributed by atoms with E-state index in [2.05, 4.69) is 19.2 Å². The standard InChI is InChI=1S/C13H26N2O2/c1-4-7-10-15(11-8-5-2)13(17)12(16)14-9-6-3/h4-11H2,1-3H3,(H,14,16). The molecule has 0 fully saturated rings. The van der Waals surface area contributed by atoms with Crippen molar-refractivity contribution in [2.75, 3.05) is 19.6 Å². The highest BCUT2D eigenvalue weighted by atomic mass is 16.2. The number of nitrogens with zero attached hydrogens (tertiary/aromatic N) is 1. The largest absolute Gasteiger partial charge is 0.348 e. The summed E-state index contributed by atoms with van der Waals surface area (Å²) in [6.07, 6.45) is 4.83. The number of hydrogen-bond donors (Lipinski definition) is 1. The number of unbranched alkanes of at least 4 members (excludes halogenated alkanes) is 2. The van der Waals surface area contributed by atoms with Gasteiger partial charge in [-0.3, -0.25) is 9.59 Å². The second-order valence-corrected chi connectivity index (χ2v) is 4.26. The number of rotatable bonds is 8. The quantitative estimate of drug-likeness (QED) is 0.661. The van der Waals surface area contributed by atoms with Crippen molar-refractivity contribution >= 4 is 11.8 Å². The molecule has 0 unspecified atom stereocenters. The molecule has 0 bridgehead atoms. The molecule has 4 heteroatoms. The van der Waals surface area contributed by atoms with E-state index in [1.54, 1.807) is 4.90 Å². The molecule has 0 atom stereocenters. The van der Waals surface area contributed by atoms with Crippen LogP contribution in [0.1, 0.15) is 52.9 Å². The van der Waals surface area contributed by atoms with Gasteiger partial charge in [-0.1, -0.05) is 33.6 Å². The summed E-state index contributed by atoms with van der Waals surface area (Å²) in [5, 5.41) is 2.64. The van der Waals surface area contributed by atoms with Gasteiger partial charge in [0.25, 0.3) is 0 Å². The van der Waals surface area contributed by atoms with Gasteiger partial charge in [0, 0.05) is 19.6 Å². The lowest BCUT2D eigenvalue weighted by molar-refractivity contribution is -0.145. The zero-order chi connectivity index (χ0) is 13.1. The lowest BCUT2D eigenvalue weighted by atomic mass is 10.2. The minimum atomic E-state index is -0.459. The maximum absolute atomic E-state index is 11.9. The van der Waals surface area contributed by atoms with E-state index in [0.717, 1.165) is 32.1 Å². The van der Waals surface area contributed by atoms with E-state index in [0.29, 0.717) is 19.6 Å². The highest BCUT2D eigenvalue weighted by Crippen LogP contribution is 2.00. The Morgan fingerprint density at radius 1 is 0.941 bits per heavy atom. The Morgan fingerprint density at radius 3 is 1.88 bits per heavy atom. The van der Waals surface area contributed by atoms with Crippen LogP contribution in [0.3, 0.4) is 0 Å². The molecule has 0 rings (SSSR count). The number of carbonyl (C=O) groups is 2. The minimum Gasteiger partial charge on any atom is -0.348 e. The summed E-state index contributed by atoms with van der Waals surface area (Å²) in [5.74, 6) is -0.834. The Labute approximate surface area is 105 Å². The van der Waals surface area contributed by atoms with Gasteiger partial charge in [0.05, 0.1) is 0 Å². The molecule has 0 aliphatic carbocycles. The van der Waals surface area contributed by atoms with Crippen LogP contribution in [0.15, 0.2) is 0 Å². The van der Waals surface area contributed by atoms with E-state index in [1.807, 2.05) is 6.92 Å². The fourth-order valence-electron chi connectivity index (χ4n) is 1.47. The monoisotopic (exact) mass is 242 g/mol. The average Bonchev–Trinajstić information content (AvgIpc) is 2.35. The second kappa shape index (κ2) is 10.1. The highest BCUT2D eigenvalue weighted by molar-refractivity contribution is 6.34. The van der Waals surface area contributed by atoms with Crippen molar-refractivity contribution in [2.24, 2.45) is 0 Å². The van der Waals surface area contributed by atoms with Crippen molar-refractivity contribution in [1.82, 2.24) is 10.2 Å². The van der Waals surface area contributed by atoms with E-state index in [9.17, 15) is 9.59 Å². The Kier molecular flexibility index (Phi) is 9.49. The molecule has 0 spiro atoms. The molecule has 0 radical (unpaired) electrons. The lowest BCUT2D eigenvalue weighted by Gasteiger charge is -2.21. The molecule has 2 amide bonds. The molecule has 0 aromatic rings. The van der Waals surface area contributed by atoms with Crippen LogP contribution in [0, 0.1) is 0 Å². The lowest BCUT2D eigenvalue weighted by Crippen LogP contribution is -2.44. The molecule has 17 heavy (non-hydrogen) atoms. The van der Waals surface area contributed by atoms with Crippen LogP contribution in [-0.4, -0.2) is 36.3 Å². The fraction of sp³-hybridized carbons (Fsp3) is 0.846. The maximum atomic E-state index is 11.9. The molecule has 0 heterocycles. The highest BCUT2D eigenvalue weighted by Gasteiger charge is 2.20. The van der Waals surface area contributed by atoms with Crippen LogP contribution in [0.4, 0.5) is 0 Å². The van der Waals surface area contributed by atoms with Crippen LogP contribution in [0.5, 0.6) is 0 Å². The van der Waals surface area contributed by atoms with Gasteiger partial charge >= 0.3 is 11.8 Å². The number of nitrogens with one attached hydrogen (secondary N) is 1. The summed E-state index contributed by atoms with van der Waals surface area (Å²) < 4.78 is 0. The Bertz CT molecular complexity index is 221. The second-order valence-electron chi connectivity index (χ2n) is 4.26. The van der Waals surface area contributed by atoms with Crippen molar-refractivity contribution in [2.45, 2.75) is 52.9 Å². The summed E-state index contributed by atoms with van der Waals surface area (Å²) in [7, 11) is 0. The molecular weight excluding hydrogens is 216 g/mol. The normalized spacial score (nSPS) is 10.1. The van der Waals surface area contributed by atoms with E-state index in [-0.39, 0.29) is 5.91 Å². The van der Waals surface area contributed by atoms with Gasteiger partial charge < -0.3 is 10.2 Å². The number of carbonyl (C=O) groups excluding carboxylic acids is 2. The Morgan fingerprint density at radius 2 is 1.47 bits per heavy atom. The maximum Gasteiger partial charge on any atom is 0.311 e. The fourth-order valence-corrected chi connectivity index (χ4v) is 1.47. The van der Waals surface area contributed by atoms with Gasteiger partial charge in [-0.15, -0.1) is 0 Å². The van der Waals surface area contributed by atoms with Crippen LogP contribution in [0.2, 0.25) is 0 Å². The van der Waals surface area contributed by atoms with Gasteiger partial charge in [0.2, 0.25) is 0 Å². The van der Waals surface area contributed by atoms with Crippen LogP contribution < -0.4 is 5.32 Å². The number of hydrogen-bond acceptors (Lipinski definition) is 2. The predicted octanol–water partition coefficient (Wildman–Crippen LogP) is 1.94. The smallest absolute Gasteiger partial charge is 0.311 e. The number of amides is 2. The van der Waals surface area contributed by atoms with Gasteiger partial charge in [-0.25, -0.2) is 0 Å². The van der Waals surface area contributed by atoms with Crippen molar-refractivity contribution < 1.29 is 9.59 Å². The molecule has 100 valence electrons. The summed E-state index contributed by atoms with van der Waals surface area (Å²) in [4.78, 5) is 25.1. The first-order valence-corrected chi connectivity index (χ1v) is 6.74. The van der Waals surface area contributed by atoms with Gasteiger partial charge in [-0.2, -0.15) is 0 Å². The topological polar surface area (TPSA) is 49.4 Å². The zero-order valence-corrected chi connectivity index (χ0v) is 11.4. The van der Waals surface area contributed by atoms with Crippen LogP contribution in [-0.2, 0) is 9.59 Å². The first-order chi connectivity index (χ1) is 8.17. The SMILES string of the molecule is CCCCN(CCCC)C(=O)C(=O)NCCC. The Balaban J connectivity index is 4.23. The van der Waals surface area contributed by atoms with Crippen molar-refractivity contribution in [3.63, 3.8) is 0 Å². The molecular formula is C13H26N2O2. The van der Waals surface area contributed by atoms with Crippen molar-refractivity contribution in [3.05, 3.63) is 0 Å². The summed E-state index contributed by atoms with van der Waals surface area (Å²) >= 11 is 0. The predicted molar refractivity (Wildman–Crippen MR) is 69.7 cm³/mol. The average molecular weight is 242 g/mol. The van der Waals surface area contributed by atoms with Gasteiger partial charge in [-0.05, 0) is 19.3 Å². The van der Waals surface area contributed by atoms with Crippen LogP contribution in [0.25, 0.3) is 0 Å². The molecule has 0 aliphatic rings. The minimum absolute atomic E-state index is 0.375. The molecule has 0 aromatic carbocycles. The summed E-state index contributed by atoms with van der Waals surface area (Å²) in [6, 6.07) is 0. The van der Waals surface area contributed by atoms with E-state index >= 15 is 0 Å². The zero-order valence-electron chi connectivity index (χ0n) is 11.4. The van der Waals surface area contributed by atoms with Gasteiger partial charge in [0.1, 0.15) is 0 Å². The third kappa shape index (κ3) is 6.97.